The van der Waals surface area contributed by atoms with Crippen molar-refractivity contribution in [3.63, 3.8) is 0 Å². The van der Waals surface area contributed by atoms with Crippen LogP contribution in [-0.4, -0.2) is 17.5 Å². The lowest BCUT2D eigenvalue weighted by Gasteiger charge is -2.29. The first-order chi connectivity index (χ1) is 10.1. The molecule has 108 valence electrons. The molecule has 2 amide bonds. The molecule has 4 heteroatoms. The van der Waals surface area contributed by atoms with Crippen LogP contribution in [0.2, 0.25) is 0 Å². The molecule has 21 heavy (non-hydrogen) atoms. The molecule has 0 unspecified atom stereocenters. The molecule has 0 fully saturated rings. The number of rotatable bonds is 1. The van der Waals surface area contributed by atoms with Gasteiger partial charge >= 0.3 is 6.03 Å². The summed E-state index contributed by atoms with van der Waals surface area (Å²) >= 11 is 0. The first-order valence-corrected chi connectivity index (χ1v) is 7.12. The minimum atomic E-state index is -0.0614. The predicted molar refractivity (Wildman–Crippen MR) is 85.2 cm³/mol. The van der Waals surface area contributed by atoms with Gasteiger partial charge in [0, 0.05) is 24.5 Å². The van der Waals surface area contributed by atoms with Crippen LogP contribution in [0, 0.1) is 6.92 Å². The second kappa shape index (κ2) is 5.48. The van der Waals surface area contributed by atoms with Gasteiger partial charge in [-0.15, -0.1) is 0 Å². The zero-order valence-electron chi connectivity index (χ0n) is 12.1. The number of benzene rings is 2. The van der Waals surface area contributed by atoms with Gasteiger partial charge in [-0.1, -0.05) is 24.3 Å². The fourth-order valence-corrected chi connectivity index (χ4v) is 2.74. The monoisotopic (exact) mass is 281 g/mol. The van der Waals surface area contributed by atoms with E-state index < -0.39 is 0 Å². The summed E-state index contributed by atoms with van der Waals surface area (Å²) in [5.41, 5.74) is 11.1. The van der Waals surface area contributed by atoms with E-state index in [1.54, 1.807) is 0 Å². The Morgan fingerprint density at radius 3 is 2.86 bits per heavy atom. The van der Waals surface area contributed by atoms with E-state index in [9.17, 15) is 4.79 Å². The van der Waals surface area contributed by atoms with Crippen molar-refractivity contribution in [2.24, 2.45) is 0 Å². The highest BCUT2D eigenvalue weighted by Gasteiger charge is 2.21. The molecule has 1 aliphatic heterocycles. The van der Waals surface area contributed by atoms with Crippen molar-refractivity contribution < 1.29 is 4.79 Å². The Balaban J connectivity index is 1.72. The van der Waals surface area contributed by atoms with Gasteiger partial charge in [-0.2, -0.15) is 0 Å². The second-order valence-corrected chi connectivity index (χ2v) is 5.46. The van der Waals surface area contributed by atoms with Crippen molar-refractivity contribution in [2.75, 3.05) is 17.6 Å². The fraction of sp³-hybridized carbons (Fsp3) is 0.235. The summed E-state index contributed by atoms with van der Waals surface area (Å²) in [5.74, 6) is 0. The summed E-state index contributed by atoms with van der Waals surface area (Å²) in [4.78, 5) is 14.2. The molecule has 2 aromatic carbocycles. The topological polar surface area (TPSA) is 58.4 Å². The average Bonchev–Trinajstić information content (AvgIpc) is 2.47. The largest absolute Gasteiger partial charge is 0.398 e. The summed E-state index contributed by atoms with van der Waals surface area (Å²) < 4.78 is 0. The molecule has 0 saturated heterocycles. The molecular weight excluding hydrogens is 262 g/mol. The highest BCUT2D eigenvalue weighted by Crippen LogP contribution is 2.24. The number of nitrogens with zero attached hydrogens (tertiary/aromatic N) is 1. The second-order valence-electron chi connectivity index (χ2n) is 5.46. The zero-order chi connectivity index (χ0) is 14.8. The molecule has 0 atom stereocenters. The lowest BCUT2D eigenvalue weighted by molar-refractivity contribution is 0.206. The Hall–Kier alpha value is -2.49. The molecule has 0 aromatic heterocycles. The number of nitrogen functional groups attached to an aromatic ring is 1. The van der Waals surface area contributed by atoms with E-state index in [4.69, 9.17) is 5.73 Å². The maximum atomic E-state index is 12.4. The van der Waals surface area contributed by atoms with Gasteiger partial charge in [-0.05, 0) is 48.2 Å². The van der Waals surface area contributed by atoms with Crippen LogP contribution in [0.3, 0.4) is 0 Å². The standard InChI is InChI=1S/C17H19N3O/c1-12-4-2-6-14(10-12)19-17(21)20-9-8-15-13(11-20)5-3-7-16(15)18/h2-7,10H,8-9,11,18H2,1H3,(H,19,21). The lowest BCUT2D eigenvalue weighted by atomic mass is 9.98. The summed E-state index contributed by atoms with van der Waals surface area (Å²) in [5, 5.41) is 2.95. The smallest absolute Gasteiger partial charge is 0.322 e. The van der Waals surface area contributed by atoms with Gasteiger partial charge in [0.15, 0.2) is 0 Å². The number of urea groups is 1. The molecule has 1 aliphatic rings. The maximum absolute atomic E-state index is 12.4. The minimum absolute atomic E-state index is 0.0614. The van der Waals surface area contributed by atoms with Crippen molar-refractivity contribution in [3.8, 4) is 0 Å². The third-order valence-electron chi connectivity index (χ3n) is 3.86. The molecule has 2 aromatic rings. The van der Waals surface area contributed by atoms with Gasteiger partial charge in [0.1, 0.15) is 0 Å². The SMILES string of the molecule is Cc1cccc(NC(=O)N2CCc3c(N)cccc3C2)c1. The number of anilines is 2. The Morgan fingerprint density at radius 1 is 1.24 bits per heavy atom. The zero-order valence-corrected chi connectivity index (χ0v) is 12.1. The highest BCUT2D eigenvalue weighted by atomic mass is 16.2. The molecule has 0 bridgehead atoms. The third kappa shape index (κ3) is 2.84. The number of nitrogens with one attached hydrogen (secondary N) is 1. The van der Waals surface area contributed by atoms with Crippen LogP contribution in [0.15, 0.2) is 42.5 Å². The third-order valence-corrected chi connectivity index (χ3v) is 3.86. The molecule has 1 heterocycles. The van der Waals surface area contributed by atoms with Crippen LogP contribution in [0.4, 0.5) is 16.2 Å². The molecule has 4 nitrogen and oxygen atoms in total. The van der Waals surface area contributed by atoms with Crippen LogP contribution >= 0.6 is 0 Å². The Labute approximate surface area is 124 Å². The predicted octanol–water partition coefficient (Wildman–Crippen LogP) is 3.17. The van der Waals surface area contributed by atoms with Crippen LogP contribution < -0.4 is 11.1 Å². The van der Waals surface area contributed by atoms with Crippen molar-refractivity contribution in [1.29, 1.82) is 0 Å². The minimum Gasteiger partial charge on any atom is -0.398 e. The van der Waals surface area contributed by atoms with E-state index in [0.29, 0.717) is 13.1 Å². The van der Waals surface area contributed by atoms with Crippen LogP contribution in [0.5, 0.6) is 0 Å². The van der Waals surface area contributed by atoms with E-state index in [1.165, 1.54) is 5.56 Å². The van der Waals surface area contributed by atoms with Crippen LogP contribution in [-0.2, 0) is 13.0 Å². The molecule has 0 aliphatic carbocycles. The molecule has 0 spiro atoms. The van der Waals surface area contributed by atoms with Gasteiger partial charge in [0.25, 0.3) is 0 Å². The van der Waals surface area contributed by atoms with Crippen LogP contribution in [0.25, 0.3) is 0 Å². The summed E-state index contributed by atoms with van der Waals surface area (Å²) in [6, 6.07) is 13.7. The van der Waals surface area contributed by atoms with Gasteiger partial charge in [-0.3, -0.25) is 0 Å². The first kappa shape index (κ1) is 13.5. The number of carbonyl (C=O) groups is 1. The van der Waals surface area contributed by atoms with Crippen LogP contribution in [0.1, 0.15) is 16.7 Å². The quantitative estimate of drug-likeness (QED) is 0.789. The molecule has 0 radical (unpaired) electrons. The average molecular weight is 281 g/mol. The number of amides is 2. The highest BCUT2D eigenvalue weighted by molar-refractivity contribution is 5.89. The van der Waals surface area contributed by atoms with E-state index >= 15 is 0 Å². The molecule has 3 N–H and O–H groups in total. The molecule has 3 rings (SSSR count). The fourth-order valence-electron chi connectivity index (χ4n) is 2.74. The number of nitrogens with two attached hydrogens (primary N) is 1. The summed E-state index contributed by atoms with van der Waals surface area (Å²) in [6.07, 6.45) is 0.809. The van der Waals surface area contributed by atoms with Gasteiger partial charge < -0.3 is 16.0 Å². The summed E-state index contributed by atoms with van der Waals surface area (Å²) in [6.45, 7) is 3.31. The van der Waals surface area contributed by atoms with Crippen molar-refractivity contribution in [1.82, 2.24) is 4.90 Å². The van der Waals surface area contributed by atoms with Gasteiger partial charge in [0.2, 0.25) is 0 Å². The number of hydrogen-bond acceptors (Lipinski definition) is 2. The molecular formula is C17H19N3O. The number of carbonyl (C=O) groups excluding carboxylic acids is 1. The number of aryl methyl sites for hydroxylation is 1. The van der Waals surface area contributed by atoms with E-state index in [-0.39, 0.29) is 6.03 Å². The van der Waals surface area contributed by atoms with E-state index in [0.717, 1.165) is 28.9 Å². The van der Waals surface area contributed by atoms with E-state index in [2.05, 4.69) is 5.32 Å². The first-order valence-electron chi connectivity index (χ1n) is 7.12. The van der Waals surface area contributed by atoms with Gasteiger partial charge in [-0.25, -0.2) is 4.79 Å². The van der Waals surface area contributed by atoms with Crippen molar-refractivity contribution in [3.05, 3.63) is 59.2 Å². The van der Waals surface area contributed by atoms with Crippen molar-refractivity contribution in [2.45, 2.75) is 19.9 Å². The normalized spacial score (nSPS) is 13.7. The summed E-state index contributed by atoms with van der Waals surface area (Å²) in [7, 11) is 0. The molecule has 0 saturated carbocycles. The van der Waals surface area contributed by atoms with E-state index in [1.807, 2.05) is 54.3 Å². The Morgan fingerprint density at radius 2 is 2.05 bits per heavy atom. The Kier molecular flexibility index (Phi) is 3.52. The maximum Gasteiger partial charge on any atom is 0.322 e. The Bertz CT molecular complexity index is 681. The number of hydrogen-bond donors (Lipinski definition) is 2. The van der Waals surface area contributed by atoms with Crippen molar-refractivity contribution >= 4 is 17.4 Å². The number of fused-ring (bicyclic) bond motifs is 1. The van der Waals surface area contributed by atoms with Gasteiger partial charge in [0.05, 0.1) is 0 Å². The lowest BCUT2D eigenvalue weighted by Crippen LogP contribution is -2.39.